The van der Waals surface area contributed by atoms with Crippen molar-refractivity contribution in [3.63, 3.8) is 0 Å². The number of carbonyl (C=O) groups excluding carboxylic acids is 1. The first-order valence-corrected chi connectivity index (χ1v) is 10.1. The van der Waals surface area contributed by atoms with Crippen LogP contribution in [0.1, 0.15) is 11.6 Å². The van der Waals surface area contributed by atoms with Crippen LogP contribution in [0.25, 0.3) is 0 Å². The average Bonchev–Trinajstić information content (AvgIpc) is 2.63. The van der Waals surface area contributed by atoms with Crippen molar-refractivity contribution in [1.29, 1.82) is 0 Å². The molecule has 0 spiro atoms. The summed E-state index contributed by atoms with van der Waals surface area (Å²) in [5, 5.41) is 0.203. The first-order chi connectivity index (χ1) is 12.4. The summed E-state index contributed by atoms with van der Waals surface area (Å²) in [6.45, 7) is 1.35. The normalized spacial score (nSPS) is 17.7. The summed E-state index contributed by atoms with van der Waals surface area (Å²) in [5.74, 6) is -0.446. The molecule has 8 heteroatoms. The van der Waals surface area contributed by atoms with Crippen LogP contribution in [0.4, 0.5) is 0 Å². The van der Waals surface area contributed by atoms with E-state index in [2.05, 4.69) is 0 Å². The molecule has 0 radical (unpaired) electrons. The topological polar surface area (TPSA) is 83.7 Å². The third kappa shape index (κ3) is 3.76. The summed E-state index contributed by atoms with van der Waals surface area (Å²) in [5.41, 5.74) is 6.41. The molecule has 3 rings (SSSR count). The zero-order valence-corrected chi connectivity index (χ0v) is 15.7. The van der Waals surface area contributed by atoms with Crippen molar-refractivity contribution in [2.75, 3.05) is 26.2 Å². The number of amides is 1. The molecule has 6 nitrogen and oxygen atoms in total. The first kappa shape index (κ1) is 18.8. The van der Waals surface area contributed by atoms with E-state index in [1.54, 1.807) is 18.2 Å². The summed E-state index contributed by atoms with van der Waals surface area (Å²) in [7, 11) is -3.67. The van der Waals surface area contributed by atoms with Crippen LogP contribution in [0.3, 0.4) is 0 Å². The zero-order valence-electron chi connectivity index (χ0n) is 14.1. The van der Waals surface area contributed by atoms with E-state index in [0.29, 0.717) is 13.1 Å². The van der Waals surface area contributed by atoms with Gasteiger partial charge < -0.3 is 5.73 Å². The highest BCUT2D eigenvalue weighted by atomic mass is 35.5. The summed E-state index contributed by atoms with van der Waals surface area (Å²) < 4.78 is 27.0. The number of sulfonamides is 1. The largest absolute Gasteiger partial charge is 0.368 e. The van der Waals surface area contributed by atoms with Crippen molar-refractivity contribution in [3.05, 3.63) is 65.2 Å². The fourth-order valence-electron chi connectivity index (χ4n) is 3.19. The molecule has 1 heterocycles. The molecule has 26 heavy (non-hydrogen) atoms. The summed E-state index contributed by atoms with van der Waals surface area (Å²) in [6, 6.07) is 15.1. The SMILES string of the molecule is NC(=O)C(c1ccccc1)N1CCN(S(=O)(=O)c2ccccc2Cl)CC1. The number of hydrogen-bond donors (Lipinski definition) is 1. The van der Waals surface area contributed by atoms with Crippen LogP contribution in [0, 0.1) is 0 Å². The van der Waals surface area contributed by atoms with E-state index < -0.39 is 22.0 Å². The molecule has 0 saturated carbocycles. The fourth-order valence-corrected chi connectivity index (χ4v) is 5.10. The molecule has 2 N–H and O–H groups in total. The van der Waals surface area contributed by atoms with E-state index in [0.717, 1.165) is 5.56 Å². The molecule has 0 aliphatic carbocycles. The lowest BCUT2D eigenvalue weighted by Crippen LogP contribution is -2.51. The van der Waals surface area contributed by atoms with Crippen molar-refractivity contribution in [2.45, 2.75) is 10.9 Å². The lowest BCUT2D eigenvalue weighted by atomic mass is 10.0. The minimum absolute atomic E-state index is 0.102. The van der Waals surface area contributed by atoms with E-state index in [4.69, 9.17) is 17.3 Å². The third-order valence-electron chi connectivity index (χ3n) is 4.48. The van der Waals surface area contributed by atoms with Gasteiger partial charge in [0.25, 0.3) is 0 Å². The minimum atomic E-state index is -3.67. The van der Waals surface area contributed by atoms with Gasteiger partial charge in [-0.05, 0) is 17.7 Å². The molecule has 2 aromatic carbocycles. The number of rotatable bonds is 5. The van der Waals surface area contributed by atoms with Crippen LogP contribution >= 0.6 is 11.6 Å². The Morgan fingerprint density at radius 3 is 2.12 bits per heavy atom. The Kier molecular flexibility index (Phi) is 5.62. The van der Waals surface area contributed by atoms with Gasteiger partial charge in [-0.25, -0.2) is 8.42 Å². The summed E-state index contributed by atoms with van der Waals surface area (Å²) in [6.07, 6.45) is 0. The number of nitrogens with two attached hydrogens (primary N) is 1. The molecule has 0 aromatic heterocycles. The second-order valence-electron chi connectivity index (χ2n) is 6.09. The average molecular weight is 394 g/mol. The second kappa shape index (κ2) is 7.75. The van der Waals surface area contributed by atoms with Gasteiger partial charge in [-0.3, -0.25) is 9.69 Å². The number of hydrogen-bond acceptors (Lipinski definition) is 4. The molecule has 0 bridgehead atoms. The third-order valence-corrected chi connectivity index (χ3v) is 6.88. The highest BCUT2D eigenvalue weighted by molar-refractivity contribution is 7.89. The fraction of sp³-hybridized carbons (Fsp3) is 0.278. The van der Waals surface area contributed by atoms with Crippen molar-refractivity contribution in [2.24, 2.45) is 5.73 Å². The Morgan fingerprint density at radius 2 is 1.54 bits per heavy atom. The standard InChI is InChI=1S/C18H20ClN3O3S/c19-15-8-4-5-9-16(15)26(24,25)22-12-10-21(11-13-22)17(18(20)23)14-6-2-1-3-7-14/h1-9,17H,10-13H2,(H2,20,23). The van der Waals surface area contributed by atoms with Crippen LogP contribution in [0.5, 0.6) is 0 Å². The van der Waals surface area contributed by atoms with Gasteiger partial charge in [0.2, 0.25) is 15.9 Å². The van der Waals surface area contributed by atoms with Gasteiger partial charge in [0.1, 0.15) is 10.9 Å². The molecule has 1 amide bonds. The molecule has 1 aliphatic rings. The molecule has 1 unspecified atom stereocenters. The number of carbonyl (C=O) groups is 1. The van der Waals surface area contributed by atoms with Crippen molar-refractivity contribution < 1.29 is 13.2 Å². The Balaban J connectivity index is 1.76. The van der Waals surface area contributed by atoms with E-state index in [1.165, 1.54) is 10.4 Å². The lowest BCUT2D eigenvalue weighted by molar-refractivity contribution is -0.124. The number of benzene rings is 2. The Hall–Kier alpha value is -1.93. The first-order valence-electron chi connectivity index (χ1n) is 8.24. The van der Waals surface area contributed by atoms with Gasteiger partial charge in [0.15, 0.2) is 0 Å². The summed E-state index contributed by atoms with van der Waals surface area (Å²) >= 11 is 6.05. The van der Waals surface area contributed by atoms with Gasteiger partial charge >= 0.3 is 0 Å². The number of halogens is 1. The van der Waals surface area contributed by atoms with E-state index >= 15 is 0 Å². The predicted octanol–water partition coefficient (Wildman–Crippen LogP) is 1.87. The van der Waals surface area contributed by atoms with Gasteiger partial charge in [0, 0.05) is 26.2 Å². The van der Waals surface area contributed by atoms with E-state index in [9.17, 15) is 13.2 Å². The second-order valence-corrected chi connectivity index (χ2v) is 8.40. The Morgan fingerprint density at radius 1 is 0.962 bits per heavy atom. The monoisotopic (exact) mass is 393 g/mol. The predicted molar refractivity (Wildman–Crippen MR) is 100 cm³/mol. The van der Waals surface area contributed by atoms with Crippen molar-refractivity contribution >= 4 is 27.5 Å². The molecule has 2 aromatic rings. The van der Waals surface area contributed by atoms with Crippen molar-refractivity contribution in [1.82, 2.24) is 9.21 Å². The number of nitrogens with zero attached hydrogens (tertiary/aromatic N) is 2. The van der Waals surface area contributed by atoms with Gasteiger partial charge in [-0.15, -0.1) is 0 Å². The molecule has 138 valence electrons. The van der Waals surface area contributed by atoms with Crippen molar-refractivity contribution in [3.8, 4) is 0 Å². The maximum atomic E-state index is 12.8. The highest BCUT2D eigenvalue weighted by Gasteiger charge is 2.34. The highest BCUT2D eigenvalue weighted by Crippen LogP contribution is 2.27. The number of primary amides is 1. The van der Waals surface area contributed by atoms with Crippen LogP contribution in [0.15, 0.2) is 59.5 Å². The number of piperazine rings is 1. The molecular weight excluding hydrogens is 374 g/mol. The van der Waals surface area contributed by atoms with Gasteiger partial charge in [-0.1, -0.05) is 54.1 Å². The lowest BCUT2D eigenvalue weighted by Gasteiger charge is -2.37. The Bertz CT molecular complexity index is 882. The van der Waals surface area contributed by atoms with Gasteiger partial charge in [0.05, 0.1) is 5.02 Å². The maximum absolute atomic E-state index is 12.8. The van der Waals surface area contributed by atoms with Gasteiger partial charge in [-0.2, -0.15) is 4.31 Å². The molecule has 1 fully saturated rings. The molecule has 1 atom stereocenters. The van der Waals surface area contributed by atoms with Crippen LogP contribution in [-0.4, -0.2) is 49.7 Å². The zero-order chi connectivity index (χ0) is 18.7. The molecule has 1 saturated heterocycles. The molecular formula is C18H20ClN3O3S. The smallest absolute Gasteiger partial charge is 0.244 e. The van der Waals surface area contributed by atoms with E-state index in [-0.39, 0.29) is 23.0 Å². The quantitative estimate of drug-likeness (QED) is 0.840. The minimum Gasteiger partial charge on any atom is -0.368 e. The van der Waals surface area contributed by atoms with Crippen LogP contribution in [0.2, 0.25) is 5.02 Å². The maximum Gasteiger partial charge on any atom is 0.244 e. The summed E-state index contributed by atoms with van der Waals surface area (Å²) in [4.78, 5) is 14.0. The van der Waals surface area contributed by atoms with Crippen LogP contribution < -0.4 is 5.73 Å². The Labute approximate surface area is 158 Å². The van der Waals surface area contributed by atoms with E-state index in [1.807, 2.05) is 35.2 Å². The van der Waals surface area contributed by atoms with Crippen LogP contribution in [-0.2, 0) is 14.8 Å². The molecule has 1 aliphatic heterocycles.